The molecule has 140 valence electrons. The predicted octanol–water partition coefficient (Wildman–Crippen LogP) is 2.46. The summed E-state index contributed by atoms with van der Waals surface area (Å²) in [5, 5.41) is 9.58. The summed E-state index contributed by atoms with van der Waals surface area (Å²) in [7, 11) is 0. The summed E-state index contributed by atoms with van der Waals surface area (Å²) in [4.78, 5) is 26.0. The Kier molecular flexibility index (Phi) is 6.26. The van der Waals surface area contributed by atoms with Gasteiger partial charge in [0.15, 0.2) is 5.96 Å². The zero-order valence-corrected chi connectivity index (χ0v) is 17.1. The first-order valence-electron chi connectivity index (χ1n) is 8.85. The first-order valence-corrected chi connectivity index (χ1v) is 10.5. The Morgan fingerprint density at radius 1 is 1.38 bits per heavy atom. The van der Waals surface area contributed by atoms with Crippen molar-refractivity contribution in [2.45, 2.75) is 40.3 Å². The molecule has 0 saturated heterocycles. The van der Waals surface area contributed by atoms with E-state index in [0.29, 0.717) is 19.0 Å². The summed E-state index contributed by atoms with van der Waals surface area (Å²) in [6.07, 6.45) is 0.948. The van der Waals surface area contributed by atoms with Crippen LogP contribution >= 0.6 is 22.7 Å². The van der Waals surface area contributed by atoms with Crippen molar-refractivity contribution in [3.8, 4) is 0 Å². The maximum absolute atomic E-state index is 12.5. The van der Waals surface area contributed by atoms with Crippen LogP contribution in [-0.2, 0) is 24.3 Å². The summed E-state index contributed by atoms with van der Waals surface area (Å²) in [5.41, 5.74) is 2.35. The second-order valence-corrected chi connectivity index (χ2v) is 8.52. The van der Waals surface area contributed by atoms with Crippen LogP contribution in [0.3, 0.4) is 0 Å². The molecule has 1 amide bonds. The van der Waals surface area contributed by atoms with Crippen molar-refractivity contribution in [2.75, 3.05) is 19.6 Å². The maximum Gasteiger partial charge on any atom is 0.244 e. The molecule has 0 bridgehead atoms. The minimum atomic E-state index is 0.0694. The SMILES string of the molecule is CCNC(=NCC(=O)N1CCc2sccc2C1)NCc1nc(C)c(C)s1. The monoisotopic (exact) mass is 391 g/mol. The number of thiazole rings is 1. The Balaban J connectivity index is 1.55. The largest absolute Gasteiger partial charge is 0.357 e. The number of carbonyl (C=O) groups is 1. The zero-order valence-electron chi connectivity index (χ0n) is 15.5. The lowest BCUT2D eigenvalue weighted by molar-refractivity contribution is -0.130. The number of rotatable bonds is 5. The molecule has 3 heterocycles. The highest BCUT2D eigenvalue weighted by molar-refractivity contribution is 7.11. The molecule has 1 aliphatic rings. The lowest BCUT2D eigenvalue weighted by Crippen LogP contribution is -2.40. The maximum atomic E-state index is 12.5. The number of carbonyl (C=O) groups excluding carboxylic acids is 1. The molecule has 0 unspecified atom stereocenters. The fourth-order valence-electron chi connectivity index (χ4n) is 2.82. The van der Waals surface area contributed by atoms with E-state index in [1.54, 1.807) is 22.7 Å². The number of fused-ring (bicyclic) bond motifs is 1. The normalized spacial score (nSPS) is 14.3. The summed E-state index contributed by atoms with van der Waals surface area (Å²) in [6, 6.07) is 2.12. The number of hydrogen-bond donors (Lipinski definition) is 2. The fraction of sp³-hybridized carbons (Fsp3) is 0.500. The van der Waals surface area contributed by atoms with E-state index >= 15 is 0 Å². The van der Waals surface area contributed by atoms with E-state index in [0.717, 1.165) is 30.2 Å². The number of nitrogens with one attached hydrogen (secondary N) is 2. The van der Waals surface area contributed by atoms with E-state index in [1.807, 2.05) is 18.7 Å². The molecule has 0 saturated carbocycles. The molecule has 2 aromatic rings. The number of amides is 1. The molecule has 6 nitrogen and oxygen atoms in total. The van der Waals surface area contributed by atoms with E-state index in [-0.39, 0.29) is 12.5 Å². The van der Waals surface area contributed by atoms with Crippen LogP contribution in [0.2, 0.25) is 0 Å². The van der Waals surface area contributed by atoms with E-state index in [9.17, 15) is 4.79 Å². The standard InChI is InChI=1S/C18H25N5OS2/c1-4-19-18(20-9-16-22-12(2)13(3)26-16)21-10-17(24)23-7-5-15-14(11-23)6-8-25-15/h6,8H,4-5,7,9-11H2,1-3H3,(H2,19,20,21). The summed E-state index contributed by atoms with van der Waals surface area (Å²) < 4.78 is 0. The van der Waals surface area contributed by atoms with Crippen LogP contribution in [0.25, 0.3) is 0 Å². The lowest BCUT2D eigenvalue weighted by Gasteiger charge is -2.26. The average molecular weight is 392 g/mol. The number of thiophene rings is 1. The molecule has 0 atom stereocenters. The van der Waals surface area contributed by atoms with Crippen molar-refractivity contribution in [3.63, 3.8) is 0 Å². The second kappa shape index (κ2) is 8.64. The zero-order chi connectivity index (χ0) is 18.5. The van der Waals surface area contributed by atoms with Crippen LogP contribution in [-0.4, -0.2) is 41.4 Å². The van der Waals surface area contributed by atoms with Crippen LogP contribution in [0, 0.1) is 13.8 Å². The van der Waals surface area contributed by atoms with Crippen molar-refractivity contribution in [1.82, 2.24) is 20.5 Å². The van der Waals surface area contributed by atoms with Gasteiger partial charge in [-0.3, -0.25) is 4.79 Å². The van der Waals surface area contributed by atoms with Crippen LogP contribution in [0.5, 0.6) is 0 Å². The number of nitrogens with zero attached hydrogens (tertiary/aromatic N) is 3. The van der Waals surface area contributed by atoms with Crippen LogP contribution in [0.15, 0.2) is 16.4 Å². The second-order valence-electron chi connectivity index (χ2n) is 6.23. The molecule has 2 N–H and O–H groups in total. The number of hydrogen-bond acceptors (Lipinski definition) is 5. The summed E-state index contributed by atoms with van der Waals surface area (Å²) >= 11 is 3.47. The fourth-order valence-corrected chi connectivity index (χ4v) is 4.59. The summed E-state index contributed by atoms with van der Waals surface area (Å²) in [6.45, 7) is 9.11. The molecule has 8 heteroatoms. The topological polar surface area (TPSA) is 69.6 Å². The van der Waals surface area contributed by atoms with Crippen LogP contribution in [0.1, 0.15) is 32.9 Å². The molecular formula is C18H25N5OS2. The van der Waals surface area contributed by atoms with Gasteiger partial charge in [0.05, 0.1) is 12.2 Å². The molecule has 1 aliphatic heterocycles. The molecular weight excluding hydrogens is 366 g/mol. The van der Waals surface area contributed by atoms with Gasteiger partial charge in [-0.05, 0) is 44.2 Å². The third kappa shape index (κ3) is 4.62. The van der Waals surface area contributed by atoms with Gasteiger partial charge in [0.2, 0.25) is 5.91 Å². The van der Waals surface area contributed by atoms with E-state index in [2.05, 4.69) is 39.0 Å². The van der Waals surface area contributed by atoms with E-state index < -0.39 is 0 Å². The molecule has 0 fully saturated rings. The molecule has 0 aliphatic carbocycles. The average Bonchev–Trinajstić information content (AvgIpc) is 3.22. The van der Waals surface area contributed by atoms with Gasteiger partial charge in [-0.1, -0.05) is 0 Å². The Hall–Kier alpha value is -1.93. The first kappa shape index (κ1) is 18.8. The highest BCUT2D eigenvalue weighted by Gasteiger charge is 2.21. The number of aliphatic imine (C=N–C) groups is 1. The quantitative estimate of drug-likeness (QED) is 0.607. The van der Waals surface area contributed by atoms with Crippen molar-refractivity contribution in [1.29, 1.82) is 0 Å². The molecule has 0 aromatic carbocycles. The smallest absolute Gasteiger partial charge is 0.244 e. The van der Waals surface area contributed by atoms with Crippen molar-refractivity contribution < 1.29 is 4.79 Å². The van der Waals surface area contributed by atoms with E-state index in [4.69, 9.17) is 0 Å². The van der Waals surface area contributed by atoms with Crippen LogP contribution < -0.4 is 10.6 Å². The van der Waals surface area contributed by atoms with Crippen molar-refractivity contribution in [3.05, 3.63) is 37.5 Å². The third-order valence-electron chi connectivity index (χ3n) is 4.36. The molecule has 26 heavy (non-hydrogen) atoms. The molecule has 2 aromatic heterocycles. The van der Waals surface area contributed by atoms with Gasteiger partial charge >= 0.3 is 0 Å². The van der Waals surface area contributed by atoms with Gasteiger partial charge in [0.25, 0.3) is 0 Å². The van der Waals surface area contributed by atoms with Crippen molar-refractivity contribution in [2.24, 2.45) is 4.99 Å². The van der Waals surface area contributed by atoms with Crippen molar-refractivity contribution >= 4 is 34.5 Å². The van der Waals surface area contributed by atoms with Gasteiger partial charge in [0, 0.05) is 29.4 Å². The Morgan fingerprint density at radius 2 is 2.23 bits per heavy atom. The Bertz CT molecular complexity index is 776. The predicted molar refractivity (Wildman–Crippen MR) is 108 cm³/mol. The third-order valence-corrected chi connectivity index (χ3v) is 6.45. The molecule has 0 radical (unpaired) electrons. The summed E-state index contributed by atoms with van der Waals surface area (Å²) in [5.74, 6) is 0.722. The first-order chi connectivity index (χ1) is 12.6. The molecule has 0 spiro atoms. The van der Waals surface area contributed by atoms with Crippen LogP contribution in [0.4, 0.5) is 0 Å². The Labute approximate surface area is 162 Å². The number of aromatic nitrogens is 1. The molecule has 3 rings (SSSR count). The van der Waals surface area contributed by atoms with E-state index in [1.165, 1.54) is 15.3 Å². The van der Waals surface area contributed by atoms with Gasteiger partial charge in [-0.25, -0.2) is 9.98 Å². The van der Waals surface area contributed by atoms with Gasteiger partial charge < -0.3 is 15.5 Å². The van der Waals surface area contributed by atoms with Gasteiger partial charge in [0.1, 0.15) is 11.6 Å². The minimum Gasteiger partial charge on any atom is -0.357 e. The number of guanidine groups is 1. The van der Waals surface area contributed by atoms with Gasteiger partial charge in [-0.15, -0.1) is 22.7 Å². The lowest BCUT2D eigenvalue weighted by atomic mass is 10.1. The minimum absolute atomic E-state index is 0.0694. The number of aryl methyl sites for hydroxylation is 2. The van der Waals surface area contributed by atoms with Gasteiger partial charge in [-0.2, -0.15) is 0 Å². The highest BCUT2D eigenvalue weighted by atomic mass is 32.1. The highest BCUT2D eigenvalue weighted by Crippen LogP contribution is 2.23. The Morgan fingerprint density at radius 3 is 2.96 bits per heavy atom.